The van der Waals surface area contributed by atoms with Crippen molar-refractivity contribution in [3.05, 3.63) is 99.9 Å². The summed E-state index contributed by atoms with van der Waals surface area (Å²) in [5, 5.41) is 3.70. The Morgan fingerprint density at radius 3 is 2.37 bits per heavy atom. The molecule has 0 saturated heterocycles. The summed E-state index contributed by atoms with van der Waals surface area (Å²) in [5.74, 6) is 6.51. The van der Waals surface area contributed by atoms with Crippen molar-refractivity contribution < 1.29 is 4.79 Å². The smallest absolute Gasteiger partial charge is 0.250 e. The molecule has 2 aromatic carbocycles. The molecule has 3 N–H and O–H groups in total. The number of aryl methyl sites for hydroxylation is 1. The van der Waals surface area contributed by atoms with E-state index in [0.717, 1.165) is 12.1 Å². The average molecular weight is 595 g/mol. The number of aromatic nitrogens is 1. The van der Waals surface area contributed by atoms with Crippen LogP contribution < -0.4 is 11.1 Å². The number of hydrogen-bond donors (Lipinski definition) is 2. The number of nitrogens with zero attached hydrogens (tertiary/aromatic N) is 1. The summed E-state index contributed by atoms with van der Waals surface area (Å²) in [5.41, 5.74) is 12.3. The van der Waals surface area contributed by atoms with Crippen molar-refractivity contribution in [2.24, 2.45) is 5.73 Å². The van der Waals surface area contributed by atoms with E-state index in [1.54, 1.807) is 24.3 Å². The van der Waals surface area contributed by atoms with Crippen LogP contribution in [0.4, 0.5) is 0 Å². The van der Waals surface area contributed by atoms with Gasteiger partial charge in [0.2, 0.25) is 5.91 Å². The lowest BCUT2D eigenvalue weighted by Crippen LogP contribution is -2.14. The van der Waals surface area contributed by atoms with Gasteiger partial charge in [-0.3, -0.25) is 4.79 Å². The number of carbonyl (C=O) groups is 1. The first-order chi connectivity index (χ1) is 19.7. The summed E-state index contributed by atoms with van der Waals surface area (Å²) in [4.78, 5) is 11.4. The van der Waals surface area contributed by atoms with E-state index in [9.17, 15) is 4.79 Å². The molecule has 0 saturated carbocycles. The van der Waals surface area contributed by atoms with Gasteiger partial charge in [-0.05, 0) is 79.3 Å². The van der Waals surface area contributed by atoms with Crippen molar-refractivity contribution in [3.63, 3.8) is 0 Å². The highest BCUT2D eigenvalue weighted by Crippen LogP contribution is 2.29. The summed E-state index contributed by atoms with van der Waals surface area (Å²) in [7, 11) is 0. The average Bonchev–Trinajstić information content (AvgIpc) is 3.39. The van der Waals surface area contributed by atoms with Gasteiger partial charge in [0, 0.05) is 35.6 Å². The summed E-state index contributed by atoms with van der Waals surface area (Å²) in [6.45, 7) is 17.3. The number of hydrogen-bond acceptors (Lipinski definition) is 2. The van der Waals surface area contributed by atoms with Crippen LogP contribution in [0.1, 0.15) is 91.7 Å². The van der Waals surface area contributed by atoms with E-state index in [-0.39, 0.29) is 5.56 Å². The Morgan fingerprint density at radius 1 is 1.17 bits per heavy atom. The van der Waals surface area contributed by atoms with Gasteiger partial charge >= 0.3 is 0 Å². The number of nitrogens with two attached hydrogens (primary N) is 1. The van der Waals surface area contributed by atoms with Gasteiger partial charge in [-0.15, -0.1) is 31.0 Å². The quantitative estimate of drug-likeness (QED) is 0.119. The predicted molar refractivity (Wildman–Crippen MR) is 179 cm³/mol. The fraction of sp³-hybridized carbons (Fsp3) is 0.343. The predicted octanol–water partition coefficient (Wildman–Crippen LogP) is 8.79. The van der Waals surface area contributed by atoms with E-state index in [0.29, 0.717) is 35.5 Å². The lowest BCUT2D eigenvalue weighted by atomic mass is 10.0. The van der Waals surface area contributed by atoms with Gasteiger partial charge in [-0.25, -0.2) is 0 Å². The van der Waals surface area contributed by atoms with Crippen LogP contribution in [0.2, 0.25) is 5.02 Å². The highest BCUT2D eigenvalue weighted by atomic mass is 35.5. The maximum absolute atomic E-state index is 11.4. The van der Waals surface area contributed by atoms with Crippen LogP contribution in [0.15, 0.2) is 61.3 Å². The SMILES string of the molecule is C#C.C=CC.CCC.CCC(C)c1c(CCl)ccn1-c1cc(C)cc(CNCC#Cc2ccc(Cl)c(C(N)=O)c2)c1. The fourth-order valence-corrected chi connectivity index (χ4v) is 4.30. The number of terminal acetylenes is 1. The lowest BCUT2D eigenvalue weighted by molar-refractivity contribution is 0.100. The Balaban J connectivity index is 0.00000180. The molecule has 1 atom stereocenters. The van der Waals surface area contributed by atoms with Gasteiger partial charge in [0.25, 0.3) is 0 Å². The van der Waals surface area contributed by atoms with Gasteiger partial charge in [-0.2, -0.15) is 0 Å². The Kier molecular flexibility index (Phi) is 19.6. The molecule has 41 heavy (non-hydrogen) atoms. The highest BCUT2D eigenvalue weighted by molar-refractivity contribution is 6.33. The van der Waals surface area contributed by atoms with E-state index < -0.39 is 5.91 Å². The third-order valence-corrected chi connectivity index (χ3v) is 6.26. The molecule has 1 aromatic heterocycles. The molecular formula is C35H45Cl2N3O. The third kappa shape index (κ3) is 12.8. The minimum Gasteiger partial charge on any atom is -0.366 e. The van der Waals surface area contributed by atoms with Crippen molar-refractivity contribution >= 4 is 29.1 Å². The number of carbonyl (C=O) groups excluding carboxylic acids is 1. The molecule has 3 aromatic rings. The van der Waals surface area contributed by atoms with Crippen LogP contribution in [0.5, 0.6) is 0 Å². The fourth-order valence-electron chi connectivity index (χ4n) is 3.86. The van der Waals surface area contributed by atoms with Crippen LogP contribution >= 0.6 is 23.2 Å². The molecule has 0 aliphatic carbocycles. The number of amides is 1. The molecular weight excluding hydrogens is 549 g/mol. The third-order valence-electron chi connectivity index (χ3n) is 5.64. The van der Waals surface area contributed by atoms with E-state index >= 15 is 0 Å². The molecule has 0 spiro atoms. The maximum atomic E-state index is 11.4. The van der Waals surface area contributed by atoms with Crippen LogP contribution in [0.3, 0.4) is 0 Å². The molecule has 220 valence electrons. The van der Waals surface area contributed by atoms with E-state index in [4.69, 9.17) is 28.9 Å². The standard InChI is InChI=1S/C27H29Cl2N3O.C3H8.C3H6.C2H2/c1-4-19(3)26-22(16-28)9-11-32(26)23-13-18(2)12-21(14-23)17-31-10-5-6-20-7-8-25(29)24(15-20)27(30)33;2*1-3-2;1-2/h7-9,11-15,19,31H,4,10,16-17H2,1-3H3,(H2,30,33);3H2,1-2H3;3H,1H2,2H3;1-2H. The zero-order valence-corrected chi connectivity index (χ0v) is 26.9. The first-order valence-electron chi connectivity index (χ1n) is 13.7. The van der Waals surface area contributed by atoms with Gasteiger partial charge in [0.05, 0.1) is 17.1 Å². The second-order valence-corrected chi connectivity index (χ2v) is 9.97. The monoisotopic (exact) mass is 593 g/mol. The molecule has 0 fully saturated rings. The van der Waals surface area contributed by atoms with E-state index in [2.05, 4.69) is 106 Å². The number of benzene rings is 2. The molecule has 0 aliphatic rings. The lowest BCUT2D eigenvalue weighted by Gasteiger charge is -2.17. The van der Waals surface area contributed by atoms with Crippen molar-refractivity contribution in [2.75, 3.05) is 6.54 Å². The van der Waals surface area contributed by atoms with E-state index in [1.165, 1.54) is 28.8 Å². The molecule has 0 aliphatic heterocycles. The van der Waals surface area contributed by atoms with E-state index in [1.807, 2.05) is 6.92 Å². The molecule has 6 heteroatoms. The van der Waals surface area contributed by atoms with Crippen molar-refractivity contribution in [1.82, 2.24) is 9.88 Å². The van der Waals surface area contributed by atoms with Crippen molar-refractivity contribution in [2.45, 2.75) is 72.7 Å². The number of alkyl halides is 1. The minimum absolute atomic E-state index is 0.280. The molecule has 1 unspecified atom stereocenters. The second-order valence-electron chi connectivity index (χ2n) is 9.30. The van der Waals surface area contributed by atoms with Crippen LogP contribution in [-0.2, 0) is 12.4 Å². The molecule has 1 heterocycles. The van der Waals surface area contributed by atoms with Crippen molar-refractivity contribution in [3.8, 4) is 30.4 Å². The number of halogens is 2. The van der Waals surface area contributed by atoms with Crippen LogP contribution in [0.25, 0.3) is 5.69 Å². The number of nitrogens with one attached hydrogen (secondary N) is 1. The van der Waals surface area contributed by atoms with Gasteiger partial charge in [-0.1, -0.05) is 69.7 Å². The van der Waals surface area contributed by atoms with Gasteiger partial charge in [0.15, 0.2) is 0 Å². The summed E-state index contributed by atoms with van der Waals surface area (Å²) < 4.78 is 2.26. The summed E-state index contributed by atoms with van der Waals surface area (Å²) >= 11 is 12.2. The number of rotatable bonds is 8. The maximum Gasteiger partial charge on any atom is 0.250 e. The van der Waals surface area contributed by atoms with Crippen LogP contribution in [0, 0.1) is 31.6 Å². The Morgan fingerprint density at radius 2 is 1.80 bits per heavy atom. The van der Waals surface area contributed by atoms with Crippen LogP contribution in [-0.4, -0.2) is 17.0 Å². The Hall–Kier alpha value is -3.41. The first kappa shape index (κ1) is 37.6. The molecule has 3 rings (SSSR count). The topological polar surface area (TPSA) is 60.1 Å². The molecule has 4 nitrogen and oxygen atoms in total. The molecule has 1 amide bonds. The number of primary amides is 1. The summed E-state index contributed by atoms with van der Waals surface area (Å²) in [6, 6.07) is 13.7. The molecule has 0 radical (unpaired) electrons. The van der Waals surface area contributed by atoms with Crippen molar-refractivity contribution in [1.29, 1.82) is 0 Å². The highest BCUT2D eigenvalue weighted by Gasteiger charge is 2.16. The minimum atomic E-state index is -0.561. The largest absolute Gasteiger partial charge is 0.366 e. The Bertz CT molecular complexity index is 1310. The van der Waals surface area contributed by atoms with Gasteiger partial charge < -0.3 is 15.6 Å². The van der Waals surface area contributed by atoms with Gasteiger partial charge in [0.1, 0.15) is 0 Å². The normalized spacial score (nSPS) is 10.2. The first-order valence-corrected chi connectivity index (χ1v) is 14.6. The number of allylic oxidation sites excluding steroid dienone is 1. The molecule has 0 bridgehead atoms. The zero-order chi connectivity index (χ0) is 31.4. The second kappa shape index (κ2) is 21.4. The summed E-state index contributed by atoms with van der Waals surface area (Å²) in [6.07, 6.45) is 14.2. The zero-order valence-electron chi connectivity index (χ0n) is 25.4. The Labute approximate surface area is 258 Å².